The molecular formula is C17H28N2O2S. The molecule has 0 bridgehead atoms. The van der Waals surface area contributed by atoms with Gasteiger partial charge in [-0.15, -0.1) is 4.36 Å². The Morgan fingerprint density at radius 2 is 1.50 bits per heavy atom. The Hall–Kier alpha value is -1.36. The summed E-state index contributed by atoms with van der Waals surface area (Å²) in [5, 5.41) is 0. The summed E-state index contributed by atoms with van der Waals surface area (Å²) >= 11 is 0. The molecule has 0 saturated heterocycles. The van der Waals surface area contributed by atoms with Crippen molar-refractivity contribution in [3.8, 4) is 0 Å². The van der Waals surface area contributed by atoms with E-state index in [0.717, 1.165) is 0 Å². The second kappa shape index (κ2) is 6.82. The molecule has 0 fully saturated rings. The van der Waals surface area contributed by atoms with Crippen LogP contribution >= 0.6 is 0 Å². The largest absolute Gasteiger partial charge is 0.352 e. The number of nitrogens with zero attached hydrogens (tertiary/aromatic N) is 2. The van der Waals surface area contributed by atoms with E-state index in [1.165, 1.54) is 0 Å². The maximum Gasteiger partial charge on any atom is 0.352 e. The number of carbonyl (C=O) groups is 1. The second-order valence-electron chi connectivity index (χ2n) is 6.92. The van der Waals surface area contributed by atoms with Gasteiger partial charge < -0.3 is 4.90 Å². The van der Waals surface area contributed by atoms with Gasteiger partial charge in [0.2, 0.25) is 0 Å². The fraction of sp³-hybridized carbons (Fsp3) is 0.588. The van der Waals surface area contributed by atoms with Crippen molar-refractivity contribution in [2.75, 3.05) is 0 Å². The van der Waals surface area contributed by atoms with Crippen LogP contribution in [0.25, 0.3) is 0 Å². The van der Waals surface area contributed by atoms with Gasteiger partial charge in [-0.05, 0) is 60.6 Å². The molecule has 5 heteroatoms. The SMILES string of the molecule is CC(C)N(C(=O)N=[S@](=O)(c1ccccc1)C(C)(C)C)C(C)C. The molecule has 4 nitrogen and oxygen atoms in total. The van der Waals surface area contributed by atoms with Gasteiger partial charge in [-0.3, -0.25) is 0 Å². The first kappa shape index (κ1) is 18.7. The summed E-state index contributed by atoms with van der Waals surface area (Å²) in [4.78, 5) is 14.9. The first-order chi connectivity index (χ1) is 10.0. The highest BCUT2D eigenvalue weighted by Gasteiger charge is 2.32. The summed E-state index contributed by atoms with van der Waals surface area (Å²) in [6, 6.07) is 8.67. The topological polar surface area (TPSA) is 49.7 Å². The van der Waals surface area contributed by atoms with E-state index in [1.807, 2.05) is 66.7 Å². The van der Waals surface area contributed by atoms with Crippen molar-refractivity contribution in [3.63, 3.8) is 0 Å². The van der Waals surface area contributed by atoms with Gasteiger partial charge in [-0.2, -0.15) is 0 Å². The quantitative estimate of drug-likeness (QED) is 0.819. The molecule has 0 heterocycles. The van der Waals surface area contributed by atoms with Crippen LogP contribution in [0.1, 0.15) is 48.5 Å². The van der Waals surface area contributed by atoms with Gasteiger partial charge in [0, 0.05) is 17.0 Å². The molecule has 124 valence electrons. The fourth-order valence-electron chi connectivity index (χ4n) is 2.34. The number of hydrogen-bond acceptors (Lipinski definition) is 2. The lowest BCUT2D eigenvalue weighted by atomic mass is 10.2. The van der Waals surface area contributed by atoms with Gasteiger partial charge >= 0.3 is 6.03 Å². The summed E-state index contributed by atoms with van der Waals surface area (Å²) in [7, 11) is -2.86. The van der Waals surface area contributed by atoms with Crippen LogP contribution in [0, 0.1) is 0 Å². The predicted octanol–water partition coefficient (Wildman–Crippen LogP) is 4.55. The lowest BCUT2D eigenvalue weighted by Gasteiger charge is -2.30. The molecule has 0 unspecified atom stereocenters. The Balaban J connectivity index is 3.48. The Morgan fingerprint density at radius 1 is 1.05 bits per heavy atom. The van der Waals surface area contributed by atoms with E-state index >= 15 is 0 Å². The summed E-state index contributed by atoms with van der Waals surface area (Å²) in [6.45, 7) is 13.3. The molecule has 0 aromatic heterocycles. The van der Waals surface area contributed by atoms with Crippen LogP contribution in [0.4, 0.5) is 4.79 Å². The number of benzene rings is 1. The van der Waals surface area contributed by atoms with Gasteiger partial charge in [0.1, 0.15) is 0 Å². The molecule has 1 rings (SSSR count). The summed E-state index contributed by atoms with van der Waals surface area (Å²) in [5.74, 6) is 0. The smallest absolute Gasteiger partial charge is 0.318 e. The number of rotatable bonds is 3. The zero-order valence-corrected chi connectivity index (χ0v) is 15.5. The summed E-state index contributed by atoms with van der Waals surface area (Å²) in [6.07, 6.45) is 0. The molecule has 1 aromatic rings. The zero-order chi connectivity index (χ0) is 17.1. The standard InChI is InChI=1S/C17H28N2O2S/c1-13(2)19(14(3)4)16(20)18-22(21,17(5,6)7)15-11-9-8-10-12-15/h8-14H,1-7H3/t22-/m0/s1. The van der Waals surface area contributed by atoms with Crippen LogP contribution in [0.15, 0.2) is 39.6 Å². The second-order valence-corrected chi connectivity index (χ2v) is 9.85. The molecular weight excluding hydrogens is 296 g/mol. The highest BCUT2D eigenvalue weighted by Crippen LogP contribution is 2.28. The minimum Gasteiger partial charge on any atom is -0.318 e. The molecule has 0 aliphatic rings. The normalized spacial score (nSPS) is 14.8. The van der Waals surface area contributed by atoms with Crippen molar-refractivity contribution >= 4 is 15.8 Å². The van der Waals surface area contributed by atoms with Gasteiger partial charge in [0.05, 0.1) is 14.5 Å². The van der Waals surface area contributed by atoms with E-state index in [2.05, 4.69) is 4.36 Å². The molecule has 0 radical (unpaired) electrons. The van der Waals surface area contributed by atoms with E-state index in [4.69, 9.17) is 0 Å². The molecule has 0 aliphatic heterocycles. The lowest BCUT2D eigenvalue weighted by Crippen LogP contribution is -2.41. The van der Waals surface area contributed by atoms with Crippen LogP contribution in [-0.4, -0.2) is 32.0 Å². The molecule has 1 aromatic carbocycles. The summed E-state index contributed by atoms with van der Waals surface area (Å²) < 4.78 is 17.1. The highest BCUT2D eigenvalue weighted by molar-refractivity contribution is 7.95. The van der Waals surface area contributed by atoms with E-state index in [0.29, 0.717) is 4.90 Å². The van der Waals surface area contributed by atoms with Crippen molar-refractivity contribution in [1.29, 1.82) is 0 Å². The maximum atomic E-state index is 13.6. The fourth-order valence-corrected chi connectivity index (χ4v) is 4.27. The predicted molar refractivity (Wildman–Crippen MR) is 92.5 cm³/mol. The third kappa shape index (κ3) is 3.88. The van der Waals surface area contributed by atoms with Crippen molar-refractivity contribution in [3.05, 3.63) is 30.3 Å². The van der Waals surface area contributed by atoms with E-state index in [9.17, 15) is 9.00 Å². The Kier molecular flexibility index (Phi) is 5.79. The molecule has 0 spiro atoms. The first-order valence-corrected chi connectivity index (χ1v) is 9.16. The van der Waals surface area contributed by atoms with Gasteiger partial charge in [0.15, 0.2) is 0 Å². The monoisotopic (exact) mass is 324 g/mol. The van der Waals surface area contributed by atoms with E-state index in [-0.39, 0.29) is 12.1 Å². The number of hydrogen-bond donors (Lipinski definition) is 0. The Bertz CT molecular complexity index is 614. The van der Waals surface area contributed by atoms with Crippen molar-refractivity contribution in [2.45, 2.75) is 70.2 Å². The van der Waals surface area contributed by atoms with E-state index in [1.54, 1.807) is 17.0 Å². The molecule has 2 amide bonds. The molecule has 1 atom stereocenters. The van der Waals surface area contributed by atoms with Crippen molar-refractivity contribution < 1.29 is 9.00 Å². The molecule has 22 heavy (non-hydrogen) atoms. The maximum absolute atomic E-state index is 13.6. The van der Waals surface area contributed by atoms with Crippen LogP contribution in [0.5, 0.6) is 0 Å². The number of carbonyl (C=O) groups excluding carboxylic acids is 1. The minimum absolute atomic E-state index is 0.00985. The van der Waals surface area contributed by atoms with Crippen molar-refractivity contribution in [1.82, 2.24) is 4.90 Å². The average molecular weight is 324 g/mol. The van der Waals surface area contributed by atoms with E-state index < -0.39 is 20.5 Å². The van der Waals surface area contributed by atoms with Crippen LogP contribution in [0.3, 0.4) is 0 Å². The highest BCUT2D eigenvalue weighted by atomic mass is 32.2. The molecule has 0 saturated carbocycles. The van der Waals surface area contributed by atoms with Crippen LogP contribution in [0.2, 0.25) is 0 Å². The lowest BCUT2D eigenvalue weighted by molar-refractivity contribution is 0.175. The summed E-state index contributed by atoms with van der Waals surface area (Å²) in [5.41, 5.74) is 0. The van der Waals surface area contributed by atoms with Gasteiger partial charge in [0.25, 0.3) is 0 Å². The van der Waals surface area contributed by atoms with Gasteiger partial charge in [-0.25, -0.2) is 9.00 Å². The number of urea groups is 1. The number of amides is 2. The Labute approximate surface area is 135 Å². The minimum atomic E-state index is -2.86. The molecule has 0 aliphatic carbocycles. The first-order valence-electron chi connectivity index (χ1n) is 7.65. The molecule has 0 N–H and O–H groups in total. The Morgan fingerprint density at radius 3 is 1.86 bits per heavy atom. The third-order valence-corrected chi connectivity index (χ3v) is 6.42. The van der Waals surface area contributed by atoms with Crippen LogP contribution < -0.4 is 0 Å². The average Bonchev–Trinajstić information content (AvgIpc) is 2.37. The van der Waals surface area contributed by atoms with Gasteiger partial charge in [-0.1, -0.05) is 18.2 Å². The van der Waals surface area contributed by atoms with Crippen LogP contribution in [-0.2, 0) is 9.73 Å². The zero-order valence-electron chi connectivity index (χ0n) is 14.7. The third-order valence-electron chi connectivity index (χ3n) is 3.43. The van der Waals surface area contributed by atoms with Crippen molar-refractivity contribution in [2.24, 2.45) is 4.36 Å².